The Kier molecular flexibility index (Phi) is 15.0. The molecule has 0 radical (unpaired) electrons. The molecule has 3 aromatic rings. The van der Waals surface area contributed by atoms with Gasteiger partial charge in [0, 0.05) is 76.0 Å². The van der Waals surface area contributed by atoms with Gasteiger partial charge in [-0.1, -0.05) is 31.2 Å². The third kappa shape index (κ3) is 11.1. The summed E-state index contributed by atoms with van der Waals surface area (Å²) in [7, 11) is 1.40. The molecule has 0 aliphatic carbocycles. The van der Waals surface area contributed by atoms with E-state index in [0.717, 1.165) is 108 Å². The Bertz CT molecular complexity index is 2030. The number of rotatable bonds is 10. The first-order chi connectivity index (χ1) is 29.6. The number of ether oxygens (including phenoxy) is 3. The molecule has 5 aliphatic rings. The zero-order valence-corrected chi connectivity index (χ0v) is 36.0. The first-order valence-electron chi connectivity index (χ1n) is 22.2. The number of aryl methyl sites for hydroxylation is 1. The number of oxazole rings is 1. The second-order valence-corrected chi connectivity index (χ2v) is 17.1. The first-order valence-corrected chi connectivity index (χ1v) is 22.2. The normalized spacial score (nSPS) is 21.3. The van der Waals surface area contributed by atoms with Crippen molar-refractivity contribution in [3.63, 3.8) is 0 Å². The highest BCUT2D eigenvalue weighted by Crippen LogP contribution is 2.29. The number of benzene rings is 2. The molecule has 5 aliphatic heterocycles. The molecule has 16 nitrogen and oxygen atoms in total. The monoisotopic (exact) mass is 845 g/mol. The summed E-state index contributed by atoms with van der Waals surface area (Å²) >= 11 is 0. The summed E-state index contributed by atoms with van der Waals surface area (Å²) in [6.07, 6.45) is 7.20. The van der Waals surface area contributed by atoms with Crippen molar-refractivity contribution in [2.45, 2.75) is 89.8 Å². The Labute approximate surface area is 357 Å². The fourth-order valence-corrected chi connectivity index (χ4v) is 9.67. The SMILES string of the molecule is COC(=O)N1CCC(N2CCc3ccccc3NC2=O)CC1.Cc1cc(C[C@@H](C)C(=O)N2CCC(N3CCC[C@H]3C(=O)OCCCN3CCOCC3)CC2)cc2oc(=O)[nH]c12. The van der Waals surface area contributed by atoms with Crippen molar-refractivity contribution in [1.82, 2.24) is 29.5 Å². The number of aromatic amines is 1. The molecule has 6 heterocycles. The number of anilines is 1. The number of methoxy groups -OCH3 is 1. The molecule has 0 saturated carbocycles. The molecule has 61 heavy (non-hydrogen) atoms. The number of morpholine rings is 1. The van der Waals surface area contributed by atoms with Crippen molar-refractivity contribution in [3.05, 3.63) is 63.6 Å². The summed E-state index contributed by atoms with van der Waals surface area (Å²) in [5, 5.41) is 3.00. The first kappa shape index (κ1) is 44.1. The van der Waals surface area contributed by atoms with E-state index in [1.807, 2.05) is 54.0 Å². The van der Waals surface area contributed by atoms with E-state index < -0.39 is 5.76 Å². The summed E-state index contributed by atoms with van der Waals surface area (Å²) in [6, 6.07) is 12.1. The van der Waals surface area contributed by atoms with Gasteiger partial charge in [-0.15, -0.1) is 0 Å². The Morgan fingerprint density at radius 3 is 2.36 bits per heavy atom. The Hall–Kier alpha value is -4.93. The highest BCUT2D eigenvalue weighted by molar-refractivity contribution is 5.91. The van der Waals surface area contributed by atoms with Crippen LogP contribution in [-0.4, -0.2) is 157 Å². The maximum absolute atomic E-state index is 13.3. The van der Waals surface area contributed by atoms with Gasteiger partial charge in [-0.25, -0.2) is 14.4 Å². The number of fused-ring (bicyclic) bond motifs is 2. The maximum atomic E-state index is 13.3. The lowest BCUT2D eigenvalue weighted by Gasteiger charge is -2.39. The van der Waals surface area contributed by atoms with Crippen LogP contribution < -0.4 is 11.1 Å². The molecule has 16 heteroatoms. The number of piperidine rings is 2. The molecule has 332 valence electrons. The third-order valence-corrected chi connectivity index (χ3v) is 13.0. The number of nitrogens with one attached hydrogen (secondary N) is 2. The average Bonchev–Trinajstić information content (AvgIpc) is 3.89. The van der Waals surface area contributed by atoms with Crippen molar-refractivity contribution >= 4 is 40.8 Å². The highest BCUT2D eigenvalue weighted by Gasteiger charge is 2.39. The number of carbonyl (C=O) groups excluding carboxylic acids is 4. The number of hydrogen-bond acceptors (Lipinski definition) is 11. The average molecular weight is 846 g/mol. The number of carbonyl (C=O) groups is 4. The van der Waals surface area contributed by atoms with Crippen LogP contribution in [0.4, 0.5) is 15.3 Å². The van der Waals surface area contributed by atoms with E-state index in [9.17, 15) is 24.0 Å². The van der Waals surface area contributed by atoms with Gasteiger partial charge in [0.25, 0.3) is 0 Å². The molecular formula is C45H63N7O9. The number of amides is 4. The van der Waals surface area contributed by atoms with Crippen molar-refractivity contribution in [3.8, 4) is 0 Å². The number of esters is 1. The van der Waals surface area contributed by atoms with Crippen LogP contribution in [0.1, 0.15) is 68.6 Å². The standard InChI is InChI=1S/C29H42N4O6.C16H21N3O3/c1-20-17-22(19-25-26(20)30-29(36)39-25)18-21(2)27(34)32-10-6-23(7-11-32)33-9-3-5-24(33)28(35)38-14-4-8-31-12-15-37-16-13-31;1-22-16(21)18-9-7-13(8-10-18)19-11-6-12-4-2-3-5-14(12)17-15(19)20/h17,19,21,23-24H,3-16,18H2,1-2H3,(H,30,36);2-5,13H,6-11H2,1H3,(H,17,20)/t21-,24+;/m1./s1. The van der Waals surface area contributed by atoms with Gasteiger partial charge in [0.15, 0.2) is 5.58 Å². The summed E-state index contributed by atoms with van der Waals surface area (Å²) in [5.74, 6) is -0.572. The zero-order valence-electron chi connectivity index (χ0n) is 36.0. The van der Waals surface area contributed by atoms with Crippen molar-refractivity contribution in [1.29, 1.82) is 0 Å². The molecule has 8 rings (SSSR count). The molecule has 0 unspecified atom stereocenters. The predicted octanol–water partition coefficient (Wildman–Crippen LogP) is 4.64. The van der Waals surface area contributed by atoms with Crippen LogP contribution in [0.3, 0.4) is 0 Å². The summed E-state index contributed by atoms with van der Waals surface area (Å²) in [4.78, 5) is 74.7. The predicted molar refractivity (Wildman–Crippen MR) is 229 cm³/mol. The number of aromatic nitrogens is 1. The van der Waals surface area contributed by atoms with Crippen LogP contribution in [0.2, 0.25) is 0 Å². The number of H-pyrrole nitrogens is 1. The molecular weight excluding hydrogens is 783 g/mol. The maximum Gasteiger partial charge on any atom is 0.417 e. The third-order valence-electron chi connectivity index (χ3n) is 13.0. The van der Waals surface area contributed by atoms with E-state index in [0.29, 0.717) is 62.9 Å². The van der Waals surface area contributed by atoms with Crippen LogP contribution in [0.25, 0.3) is 11.1 Å². The molecule has 4 amide bonds. The van der Waals surface area contributed by atoms with Crippen molar-refractivity contribution < 1.29 is 37.8 Å². The van der Waals surface area contributed by atoms with Gasteiger partial charge < -0.3 is 38.6 Å². The molecule has 4 saturated heterocycles. The smallest absolute Gasteiger partial charge is 0.417 e. The van der Waals surface area contributed by atoms with Crippen LogP contribution >= 0.6 is 0 Å². The second-order valence-electron chi connectivity index (χ2n) is 17.1. The number of urea groups is 1. The van der Waals surface area contributed by atoms with Gasteiger partial charge in [0.1, 0.15) is 6.04 Å². The summed E-state index contributed by atoms with van der Waals surface area (Å²) in [6.45, 7) is 13.1. The Balaban J connectivity index is 0.000000215. The molecule has 2 aromatic carbocycles. The minimum Gasteiger partial charge on any atom is -0.464 e. The van der Waals surface area contributed by atoms with Gasteiger partial charge >= 0.3 is 23.8 Å². The molecule has 0 spiro atoms. The highest BCUT2D eigenvalue weighted by atomic mass is 16.5. The topological polar surface area (TPSA) is 170 Å². The molecule has 2 atom stereocenters. The fraction of sp³-hybridized carbons (Fsp3) is 0.622. The Morgan fingerprint density at radius 2 is 1.61 bits per heavy atom. The largest absolute Gasteiger partial charge is 0.464 e. The van der Waals surface area contributed by atoms with E-state index in [2.05, 4.69) is 26.2 Å². The van der Waals surface area contributed by atoms with Gasteiger partial charge in [-0.3, -0.25) is 24.4 Å². The van der Waals surface area contributed by atoms with E-state index in [1.165, 1.54) is 12.7 Å². The number of para-hydroxylation sites is 1. The molecule has 1 aromatic heterocycles. The molecule has 2 N–H and O–H groups in total. The minimum absolute atomic E-state index is 0.0403. The quantitative estimate of drug-likeness (QED) is 0.216. The molecule has 4 fully saturated rings. The van der Waals surface area contributed by atoms with Crippen LogP contribution in [0.5, 0.6) is 0 Å². The number of likely N-dealkylation sites (tertiary alicyclic amines) is 3. The van der Waals surface area contributed by atoms with Crippen LogP contribution in [0.15, 0.2) is 45.6 Å². The summed E-state index contributed by atoms with van der Waals surface area (Å²) in [5.41, 5.74) is 5.24. The lowest BCUT2D eigenvalue weighted by atomic mass is 9.96. The van der Waals surface area contributed by atoms with Crippen molar-refractivity contribution in [2.24, 2.45) is 5.92 Å². The number of nitrogens with zero attached hydrogens (tertiary/aromatic N) is 5. The molecule has 0 bridgehead atoms. The van der Waals surface area contributed by atoms with Gasteiger partial charge in [0.05, 0.1) is 32.4 Å². The van der Waals surface area contributed by atoms with Crippen LogP contribution in [-0.2, 0) is 36.6 Å². The summed E-state index contributed by atoms with van der Waals surface area (Å²) < 4.78 is 21.1. The minimum atomic E-state index is -0.463. The van der Waals surface area contributed by atoms with Gasteiger partial charge in [0.2, 0.25) is 5.91 Å². The lowest BCUT2D eigenvalue weighted by molar-refractivity contribution is -0.151. The van der Waals surface area contributed by atoms with Gasteiger partial charge in [-0.2, -0.15) is 0 Å². The van der Waals surface area contributed by atoms with Gasteiger partial charge in [-0.05, 0) is 100 Å². The van der Waals surface area contributed by atoms with E-state index >= 15 is 0 Å². The second kappa shape index (κ2) is 20.8. The van der Waals surface area contributed by atoms with Crippen molar-refractivity contribution in [2.75, 3.05) is 91.2 Å². The van der Waals surface area contributed by atoms with Crippen LogP contribution in [0, 0.1) is 12.8 Å². The zero-order chi connectivity index (χ0) is 42.9. The van der Waals surface area contributed by atoms with E-state index in [-0.39, 0.29) is 42.0 Å². The van der Waals surface area contributed by atoms with E-state index in [4.69, 9.17) is 18.6 Å². The fourth-order valence-electron chi connectivity index (χ4n) is 9.67. The van der Waals surface area contributed by atoms with E-state index in [1.54, 1.807) is 4.90 Å². The number of hydrogen-bond donors (Lipinski definition) is 2. The Morgan fingerprint density at radius 1 is 0.885 bits per heavy atom. The lowest BCUT2D eigenvalue weighted by Crippen LogP contribution is -2.51.